The molecule has 0 spiro atoms. The molecular formula is C43H38IrN5Se. The van der Waals surface area contributed by atoms with E-state index in [1.165, 1.54) is 58.0 Å². The van der Waals surface area contributed by atoms with Crippen LogP contribution in [0.2, 0.25) is 0 Å². The Balaban J connectivity index is 0.000000164. The summed E-state index contributed by atoms with van der Waals surface area (Å²) in [6.07, 6.45) is 3.92. The van der Waals surface area contributed by atoms with Gasteiger partial charge in [0.05, 0.1) is 11.3 Å². The maximum absolute atomic E-state index is 4.91. The molecule has 3 aromatic heterocycles. The third-order valence-electron chi connectivity index (χ3n) is 9.39. The number of hydrogen-bond acceptors (Lipinski definition) is 4. The molecule has 5 aromatic carbocycles. The van der Waals surface area contributed by atoms with Crippen molar-refractivity contribution in [1.82, 2.24) is 14.4 Å². The molecule has 0 saturated heterocycles. The van der Waals surface area contributed by atoms with Gasteiger partial charge in [-0.3, -0.25) is 4.98 Å². The van der Waals surface area contributed by atoms with Crippen molar-refractivity contribution in [3.63, 3.8) is 0 Å². The summed E-state index contributed by atoms with van der Waals surface area (Å²) in [6, 6.07) is 41.3. The summed E-state index contributed by atoms with van der Waals surface area (Å²) in [5, 5.41) is 12.5. The minimum atomic E-state index is 0. The molecule has 4 heterocycles. The van der Waals surface area contributed by atoms with Crippen LogP contribution in [0.4, 0.5) is 5.69 Å². The van der Waals surface area contributed by atoms with Gasteiger partial charge in [-0.15, -0.1) is 29.7 Å². The number of benzene rings is 5. The zero-order valence-corrected chi connectivity index (χ0v) is 32.9. The fourth-order valence-electron chi connectivity index (χ4n) is 7.01. The maximum Gasteiger partial charge on any atom is 3.00 e. The smallest absolute Gasteiger partial charge is 3.00 e. The van der Waals surface area contributed by atoms with E-state index in [0.29, 0.717) is 26.3 Å². The minimum Gasteiger partial charge on any atom is 3.00 e. The molecule has 1 aliphatic heterocycles. The van der Waals surface area contributed by atoms with Gasteiger partial charge in [0.2, 0.25) is 0 Å². The molecule has 7 heteroatoms. The second-order valence-electron chi connectivity index (χ2n) is 13.1. The second-order valence-corrected chi connectivity index (χ2v) is 15.3. The quantitative estimate of drug-likeness (QED) is 0.0981. The summed E-state index contributed by atoms with van der Waals surface area (Å²) in [5.74, 6) is 0.875. The molecular weight excluding hydrogens is 858 g/mol. The number of hydrazone groups is 1. The topological polar surface area (TPSA) is 36.1 Å². The second kappa shape index (κ2) is 14.2. The largest absolute Gasteiger partial charge is 3.00 e. The van der Waals surface area contributed by atoms with Gasteiger partial charge in [0.1, 0.15) is 0 Å². The van der Waals surface area contributed by atoms with Crippen LogP contribution in [0, 0.1) is 18.8 Å². The number of fused-ring (bicyclic) bond motifs is 9. The first kappa shape index (κ1) is 34.2. The average molecular weight is 896 g/mol. The van der Waals surface area contributed by atoms with Crippen molar-refractivity contribution in [3.8, 4) is 11.3 Å². The zero-order chi connectivity index (χ0) is 33.6. The number of para-hydroxylation sites is 1. The Morgan fingerprint density at radius 3 is 2.22 bits per heavy atom. The summed E-state index contributed by atoms with van der Waals surface area (Å²) >= 11 is 0.348. The molecule has 250 valence electrons. The van der Waals surface area contributed by atoms with Crippen LogP contribution in [0.25, 0.3) is 57.9 Å². The Hall–Kier alpha value is -4.25. The van der Waals surface area contributed by atoms with Gasteiger partial charge in [-0.1, -0.05) is 69.5 Å². The Morgan fingerprint density at radius 2 is 1.48 bits per heavy atom. The van der Waals surface area contributed by atoms with E-state index in [1.54, 1.807) is 0 Å². The molecule has 9 rings (SSSR count). The van der Waals surface area contributed by atoms with Crippen molar-refractivity contribution in [2.45, 2.75) is 46.5 Å². The Labute approximate surface area is 313 Å². The van der Waals surface area contributed by atoms with Crippen LogP contribution in [-0.4, -0.2) is 41.8 Å². The van der Waals surface area contributed by atoms with Gasteiger partial charge in [-0.25, -0.2) is 0 Å². The molecule has 0 N–H and O–H groups in total. The van der Waals surface area contributed by atoms with E-state index in [-0.39, 0.29) is 20.1 Å². The fourth-order valence-corrected chi connectivity index (χ4v) is 9.53. The van der Waals surface area contributed by atoms with Crippen molar-refractivity contribution in [2.75, 3.05) is 11.4 Å². The number of anilines is 1. The Kier molecular flexibility index (Phi) is 9.69. The van der Waals surface area contributed by atoms with Gasteiger partial charge in [0.15, 0.2) is 0 Å². The summed E-state index contributed by atoms with van der Waals surface area (Å²) < 4.78 is 5.20. The first-order valence-corrected chi connectivity index (χ1v) is 18.7. The average Bonchev–Trinajstić information content (AvgIpc) is 3.89. The van der Waals surface area contributed by atoms with E-state index >= 15 is 0 Å². The molecule has 0 radical (unpaired) electrons. The summed E-state index contributed by atoms with van der Waals surface area (Å²) in [6.45, 7) is 14.1. The maximum atomic E-state index is 4.91. The number of imidazole rings is 1. The van der Waals surface area contributed by atoms with Crippen molar-refractivity contribution < 1.29 is 20.1 Å². The van der Waals surface area contributed by atoms with E-state index in [4.69, 9.17) is 4.98 Å². The molecule has 1 aliphatic rings. The SMILES string of the molecule is CC(C)c1cccc(C(C)C)c1-c1cnc2c3[c-]cccc3c3ccccc3n12.CCN1[CH-]N(c2[c-]ccc3c2[se]c2ccccc23)C=N1.[Ir+3]. The van der Waals surface area contributed by atoms with Crippen LogP contribution < -0.4 is 4.90 Å². The number of nitrogens with zero attached hydrogens (tertiary/aromatic N) is 5. The van der Waals surface area contributed by atoms with Crippen molar-refractivity contribution in [3.05, 3.63) is 133 Å². The monoisotopic (exact) mass is 897 g/mol. The molecule has 0 saturated carbocycles. The van der Waals surface area contributed by atoms with Crippen LogP contribution >= 0.6 is 0 Å². The van der Waals surface area contributed by atoms with Crippen LogP contribution in [0.5, 0.6) is 0 Å². The van der Waals surface area contributed by atoms with Crippen molar-refractivity contribution >= 4 is 73.1 Å². The standard InChI is InChI=1S/C27H25N2.C16H13N3Se.Ir/c1-17(2)19-13-9-14-20(18(3)4)26(19)25-16-28-27-23-12-6-5-10-21(23)22-11-7-8-15-24(22)29(25)27;1-2-19-11-18(10-17-19)14-8-5-7-13-12-6-3-4-9-15(12)20-16(13)14;/h5-11,13-18H,1-4H3;3-7,9-11H,2H2,1H3;/q-1;-2;+3. The van der Waals surface area contributed by atoms with E-state index in [1.807, 2.05) is 30.1 Å². The van der Waals surface area contributed by atoms with Crippen LogP contribution in [0.1, 0.15) is 57.6 Å². The number of rotatable bonds is 5. The van der Waals surface area contributed by atoms with Gasteiger partial charge in [-0.05, 0) is 34.4 Å². The molecule has 0 aliphatic carbocycles. The molecule has 0 unspecified atom stereocenters. The predicted octanol–water partition coefficient (Wildman–Crippen LogP) is 10.4. The fraction of sp³-hybridized carbons (Fsp3) is 0.186. The normalized spacial score (nSPS) is 12.9. The third kappa shape index (κ3) is 5.87. The Morgan fingerprint density at radius 1 is 0.760 bits per heavy atom. The van der Waals surface area contributed by atoms with E-state index < -0.39 is 0 Å². The minimum absolute atomic E-state index is 0. The van der Waals surface area contributed by atoms with Crippen molar-refractivity contribution in [1.29, 1.82) is 0 Å². The van der Waals surface area contributed by atoms with Crippen LogP contribution in [-0.2, 0) is 20.1 Å². The predicted molar refractivity (Wildman–Crippen MR) is 208 cm³/mol. The third-order valence-corrected chi connectivity index (χ3v) is 11.9. The first-order valence-electron chi connectivity index (χ1n) is 17.0. The molecule has 0 amide bonds. The molecule has 8 aromatic rings. The molecule has 0 bridgehead atoms. The summed E-state index contributed by atoms with van der Waals surface area (Å²) in [4.78, 5) is 6.99. The van der Waals surface area contributed by atoms with E-state index in [0.717, 1.165) is 23.3 Å². The summed E-state index contributed by atoms with van der Waals surface area (Å²) in [7, 11) is 0. The van der Waals surface area contributed by atoms with Gasteiger partial charge in [0, 0.05) is 17.3 Å². The van der Waals surface area contributed by atoms with Gasteiger partial charge < -0.3 is 4.40 Å². The van der Waals surface area contributed by atoms with E-state index in [9.17, 15) is 0 Å². The molecule has 50 heavy (non-hydrogen) atoms. The Bertz CT molecular complexity index is 2480. The molecule has 0 fully saturated rings. The van der Waals surface area contributed by atoms with Gasteiger partial charge in [-0.2, -0.15) is 0 Å². The first-order chi connectivity index (χ1) is 23.9. The van der Waals surface area contributed by atoms with Crippen molar-refractivity contribution in [2.24, 2.45) is 5.10 Å². The number of hydrogen-bond donors (Lipinski definition) is 0. The zero-order valence-electron chi connectivity index (χ0n) is 28.8. The summed E-state index contributed by atoms with van der Waals surface area (Å²) in [5.41, 5.74) is 8.54. The van der Waals surface area contributed by atoms with Crippen LogP contribution in [0.15, 0.2) is 108 Å². The van der Waals surface area contributed by atoms with E-state index in [2.05, 4.69) is 152 Å². The molecule has 5 nitrogen and oxygen atoms in total. The van der Waals surface area contributed by atoms with Gasteiger partial charge >= 0.3 is 144 Å². The number of pyridine rings is 1. The van der Waals surface area contributed by atoms with Crippen LogP contribution in [0.3, 0.4) is 0 Å². The number of aromatic nitrogens is 2. The van der Waals surface area contributed by atoms with Gasteiger partial charge in [0.25, 0.3) is 0 Å². The molecule has 0 atom stereocenters.